The molecular formula is C11H18N4S. The van der Waals surface area contributed by atoms with Gasteiger partial charge in [-0.15, -0.1) is 0 Å². The van der Waals surface area contributed by atoms with Crippen LogP contribution in [-0.4, -0.2) is 33.1 Å². The summed E-state index contributed by atoms with van der Waals surface area (Å²) in [6.07, 6.45) is 5.59. The van der Waals surface area contributed by atoms with Crippen LogP contribution in [0.5, 0.6) is 0 Å². The first kappa shape index (κ1) is 11.5. The maximum atomic E-state index is 4.56. The summed E-state index contributed by atoms with van der Waals surface area (Å²) in [5.41, 5.74) is 0. The number of hydrogen-bond donors (Lipinski definition) is 1. The highest BCUT2D eigenvalue weighted by Crippen LogP contribution is 2.19. The van der Waals surface area contributed by atoms with Crippen LogP contribution in [0.1, 0.15) is 13.8 Å². The summed E-state index contributed by atoms with van der Waals surface area (Å²) in [5.74, 6) is 1.88. The van der Waals surface area contributed by atoms with Crippen molar-refractivity contribution >= 4 is 16.9 Å². The zero-order valence-electron chi connectivity index (χ0n) is 9.76. The third-order valence-electron chi connectivity index (χ3n) is 2.86. The highest BCUT2D eigenvalue weighted by Gasteiger charge is 2.20. The van der Waals surface area contributed by atoms with E-state index in [-0.39, 0.29) is 0 Å². The molecule has 2 atom stereocenters. The topological polar surface area (TPSA) is 42.2 Å². The predicted octanol–water partition coefficient (Wildman–Crippen LogP) is 1.60. The van der Waals surface area contributed by atoms with Gasteiger partial charge in [-0.1, -0.05) is 18.7 Å². The van der Waals surface area contributed by atoms with Crippen molar-refractivity contribution in [1.82, 2.24) is 14.9 Å². The molecule has 88 valence electrons. The fourth-order valence-corrected chi connectivity index (χ4v) is 2.67. The van der Waals surface area contributed by atoms with Crippen molar-refractivity contribution in [3.05, 3.63) is 18.7 Å². The number of imidazole rings is 1. The molecule has 1 N–H and O–H groups in total. The molecule has 0 aliphatic carbocycles. The average Bonchev–Trinajstić information content (AvgIpc) is 2.76. The molecule has 4 nitrogen and oxygen atoms in total. The van der Waals surface area contributed by atoms with E-state index in [1.165, 1.54) is 0 Å². The molecule has 1 aliphatic rings. The molecule has 0 saturated carbocycles. The Morgan fingerprint density at radius 1 is 1.62 bits per heavy atom. The van der Waals surface area contributed by atoms with Gasteiger partial charge in [0.1, 0.15) is 0 Å². The van der Waals surface area contributed by atoms with Crippen LogP contribution in [0, 0.1) is 5.92 Å². The van der Waals surface area contributed by atoms with Crippen LogP contribution in [0.2, 0.25) is 0 Å². The monoisotopic (exact) mass is 238 g/mol. The maximum absolute atomic E-state index is 4.56. The Bertz CT molecular complexity index is 347. The quantitative estimate of drug-likeness (QED) is 0.869. The number of amidine groups is 1. The highest BCUT2D eigenvalue weighted by molar-refractivity contribution is 8.13. The molecule has 0 amide bonds. The van der Waals surface area contributed by atoms with Gasteiger partial charge in [-0.05, 0) is 12.8 Å². The van der Waals surface area contributed by atoms with E-state index in [1.54, 1.807) is 6.20 Å². The molecule has 2 heterocycles. The van der Waals surface area contributed by atoms with Crippen molar-refractivity contribution in [2.45, 2.75) is 26.4 Å². The third-order valence-corrected chi connectivity index (χ3v) is 4.07. The van der Waals surface area contributed by atoms with Crippen molar-refractivity contribution in [1.29, 1.82) is 0 Å². The first-order valence-electron chi connectivity index (χ1n) is 5.65. The van der Waals surface area contributed by atoms with Crippen LogP contribution in [0.15, 0.2) is 23.7 Å². The normalized spacial score (nSPS) is 28.0. The molecule has 5 heteroatoms. The van der Waals surface area contributed by atoms with Crippen molar-refractivity contribution in [2.24, 2.45) is 10.9 Å². The van der Waals surface area contributed by atoms with Crippen LogP contribution < -0.4 is 5.32 Å². The van der Waals surface area contributed by atoms with Gasteiger partial charge in [-0.2, -0.15) is 0 Å². The SMILES string of the molecule is CC1CSC(=NCCn2ccnc2)NC1C. The Morgan fingerprint density at radius 3 is 3.19 bits per heavy atom. The minimum atomic E-state index is 0.535. The fourth-order valence-electron chi connectivity index (χ4n) is 1.51. The van der Waals surface area contributed by atoms with E-state index in [2.05, 4.69) is 29.1 Å². The van der Waals surface area contributed by atoms with E-state index in [1.807, 2.05) is 28.9 Å². The van der Waals surface area contributed by atoms with E-state index in [0.717, 1.165) is 29.9 Å². The van der Waals surface area contributed by atoms with Crippen LogP contribution in [0.25, 0.3) is 0 Å². The summed E-state index contributed by atoms with van der Waals surface area (Å²) < 4.78 is 2.05. The van der Waals surface area contributed by atoms with Gasteiger partial charge >= 0.3 is 0 Å². The predicted molar refractivity (Wildman–Crippen MR) is 68.7 cm³/mol. The smallest absolute Gasteiger partial charge is 0.156 e. The second kappa shape index (κ2) is 5.39. The van der Waals surface area contributed by atoms with Gasteiger partial charge in [0, 0.05) is 30.7 Å². The Morgan fingerprint density at radius 2 is 2.50 bits per heavy atom. The van der Waals surface area contributed by atoms with Gasteiger partial charge in [0.25, 0.3) is 0 Å². The molecule has 1 fully saturated rings. The van der Waals surface area contributed by atoms with Gasteiger partial charge in [0.2, 0.25) is 0 Å². The van der Waals surface area contributed by atoms with E-state index in [4.69, 9.17) is 0 Å². The molecule has 0 bridgehead atoms. The minimum Gasteiger partial charge on any atom is -0.362 e. The van der Waals surface area contributed by atoms with Gasteiger partial charge in [0.15, 0.2) is 5.17 Å². The molecular weight excluding hydrogens is 220 g/mol. The summed E-state index contributed by atoms with van der Waals surface area (Å²) in [4.78, 5) is 8.57. The number of nitrogens with one attached hydrogen (secondary N) is 1. The summed E-state index contributed by atoms with van der Waals surface area (Å²) in [7, 11) is 0. The first-order chi connectivity index (χ1) is 7.75. The lowest BCUT2D eigenvalue weighted by Crippen LogP contribution is -2.41. The second-order valence-electron chi connectivity index (χ2n) is 4.21. The minimum absolute atomic E-state index is 0.535. The molecule has 0 radical (unpaired) electrons. The van der Waals surface area contributed by atoms with E-state index in [0.29, 0.717) is 6.04 Å². The molecule has 1 aromatic rings. The lowest BCUT2D eigenvalue weighted by Gasteiger charge is -2.28. The number of aliphatic imine (C=N–C) groups is 1. The Balaban J connectivity index is 1.79. The summed E-state index contributed by atoms with van der Waals surface area (Å²) in [6, 6.07) is 0.535. The zero-order chi connectivity index (χ0) is 11.4. The van der Waals surface area contributed by atoms with E-state index < -0.39 is 0 Å². The third kappa shape index (κ3) is 3.01. The van der Waals surface area contributed by atoms with Gasteiger partial charge in [-0.25, -0.2) is 4.98 Å². The van der Waals surface area contributed by atoms with Crippen LogP contribution in [-0.2, 0) is 6.54 Å². The Kier molecular flexibility index (Phi) is 3.88. The van der Waals surface area contributed by atoms with E-state index in [9.17, 15) is 0 Å². The van der Waals surface area contributed by atoms with Crippen molar-refractivity contribution in [2.75, 3.05) is 12.3 Å². The lowest BCUT2D eigenvalue weighted by molar-refractivity contribution is 0.489. The molecule has 16 heavy (non-hydrogen) atoms. The number of nitrogens with zero attached hydrogens (tertiary/aromatic N) is 3. The molecule has 2 rings (SSSR count). The molecule has 1 aromatic heterocycles. The number of hydrogen-bond acceptors (Lipinski definition) is 3. The van der Waals surface area contributed by atoms with Gasteiger partial charge in [0.05, 0.1) is 12.9 Å². The zero-order valence-corrected chi connectivity index (χ0v) is 10.6. The molecule has 0 aromatic carbocycles. The van der Waals surface area contributed by atoms with Crippen LogP contribution >= 0.6 is 11.8 Å². The first-order valence-corrected chi connectivity index (χ1v) is 6.64. The fraction of sp³-hybridized carbons (Fsp3) is 0.636. The highest BCUT2D eigenvalue weighted by atomic mass is 32.2. The lowest BCUT2D eigenvalue weighted by atomic mass is 10.1. The largest absolute Gasteiger partial charge is 0.362 e. The maximum Gasteiger partial charge on any atom is 0.156 e. The number of thioether (sulfide) groups is 1. The molecule has 0 spiro atoms. The van der Waals surface area contributed by atoms with Crippen molar-refractivity contribution < 1.29 is 0 Å². The van der Waals surface area contributed by atoms with E-state index >= 15 is 0 Å². The number of aromatic nitrogens is 2. The summed E-state index contributed by atoms with van der Waals surface area (Å²) in [6.45, 7) is 6.20. The van der Waals surface area contributed by atoms with Gasteiger partial charge in [-0.3, -0.25) is 4.99 Å². The average molecular weight is 238 g/mol. The molecule has 1 aliphatic heterocycles. The standard InChI is InChI=1S/C11H18N4S/c1-9-7-16-11(14-10(9)2)13-4-6-15-5-3-12-8-15/h3,5,8-10H,4,6-7H2,1-2H3,(H,13,14). The van der Waals surface area contributed by atoms with Gasteiger partial charge < -0.3 is 9.88 Å². The van der Waals surface area contributed by atoms with Crippen LogP contribution in [0.3, 0.4) is 0 Å². The molecule has 2 unspecified atom stereocenters. The second-order valence-corrected chi connectivity index (χ2v) is 5.22. The Hall–Kier alpha value is -0.970. The van der Waals surface area contributed by atoms with Crippen molar-refractivity contribution in [3.63, 3.8) is 0 Å². The van der Waals surface area contributed by atoms with Crippen LogP contribution in [0.4, 0.5) is 0 Å². The summed E-state index contributed by atoms with van der Waals surface area (Å²) in [5, 5.41) is 4.52. The molecule has 1 saturated heterocycles. The Labute approximate surface area is 101 Å². The van der Waals surface area contributed by atoms with Crippen molar-refractivity contribution in [3.8, 4) is 0 Å². The summed E-state index contributed by atoms with van der Waals surface area (Å²) >= 11 is 1.83. The number of rotatable bonds is 3.